The lowest BCUT2D eigenvalue weighted by molar-refractivity contribution is -0.119. The highest BCUT2D eigenvalue weighted by atomic mass is 19.1. The third kappa shape index (κ3) is 2.25. The van der Waals surface area contributed by atoms with Crippen LogP contribution in [0.25, 0.3) is 0 Å². The minimum atomic E-state index is -0.674. The van der Waals surface area contributed by atoms with Crippen LogP contribution in [0.15, 0.2) is 18.2 Å². The van der Waals surface area contributed by atoms with Crippen LogP contribution in [0.2, 0.25) is 0 Å². The number of nitrogens with zero attached hydrogens (tertiary/aromatic N) is 1. The van der Waals surface area contributed by atoms with Crippen LogP contribution in [0.5, 0.6) is 5.75 Å². The molecule has 0 saturated carbocycles. The van der Waals surface area contributed by atoms with Crippen LogP contribution in [0.1, 0.15) is 13.8 Å². The van der Waals surface area contributed by atoms with E-state index in [0.717, 1.165) is 11.0 Å². The van der Waals surface area contributed by atoms with E-state index in [2.05, 4.69) is 5.32 Å². The first-order valence-electron chi connectivity index (χ1n) is 5.93. The predicted molar refractivity (Wildman–Crippen MR) is 67.6 cm³/mol. The molecule has 1 saturated heterocycles. The van der Waals surface area contributed by atoms with Gasteiger partial charge in [0.2, 0.25) is 0 Å². The molecule has 102 valence electrons. The fourth-order valence-electron chi connectivity index (χ4n) is 1.97. The number of hydrogen-bond acceptors (Lipinski definition) is 3. The molecule has 0 radical (unpaired) electrons. The number of methoxy groups -OCH3 is 1. The van der Waals surface area contributed by atoms with Gasteiger partial charge in [0.05, 0.1) is 12.8 Å². The van der Waals surface area contributed by atoms with E-state index in [9.17, 15) is 14.0 Å². The number of hydrogen-bond donors (Lipinski definition) is 1. The molecule has 6 heteroatoms. The molecule has 2 rings (SSSR count). The van der Waals surface area contributed by atoms with Gasteiger partial charge in [-0.1, -0.05) is 13.8 Å². The number of imide groups is 1. The second-order valence-corrected chi connectivity index (χ2v) is 4.66. The summed E-state index contributed by atoms with van der Waals surface area (Å²) in [5.41, 5.74) is -0.0635. The second-order valence-electron chi connectivity index (χ2n) is 4.66. The molecular weight excluding hydrogens is 251 g/mol. The van der Waals surface area contributed by atoms with Crippen molar-refractivity contribution in [1.82, 2.24) is 5.32 Å². The number of nitrogens with one attached hydrogen (secondary N) is 1. The summed E-state index contributed by atoms with van der Waals surface area (Å²) in [4.78, 5) is 24.7. The Kier molecular flexibility index (Phi) is 3.42. The zero-order valence-corrected chi connectivity index (χ0v) is 10.9. The Balaban J connectivity index is 2.37. The van der Waals surface area contributed by atoms with Gasteiger partial charge in [-0.25, -0.2) is 14.1 Å². The highest BCUT2D eigenvalue weighted by Crippen LogP contribution is 2.27. The standard InChI is InChI=1S/C13H15FN2O3/c1-7(2)11-12(17)16(13(18)15-11)10-5-4-8(19-3)6-9(10)14/h4-7,11H,1-3H3,(H,15,18). The maximum atomic E-state index is 13.9. The van der Waals surface area contributed by atoms with E-state index in [0.29, 0.717) is 5.75 Å². The summed E-state index contributed by atoms with van der Waals surface area (Å²) in [5, 5.41) is 2.55. The number of carbonyl (C=O) groups excluding carboxylic acids is 2. The maximum Gasteiger partial charge on any atom is 0.329 e. The van der Waals surface area contributed by atoms with Gasteiger partial charge in [-0.3, -0.25) is 4.79 Å². The third-order valence-corrected chi connectivity index (χ3v) is 3.03. The first kappa shape index (κ1) is 13.3. The van der Waals surface area contributed by atoms with E-state index in [1.807, 2.05) is 13.8 Å². The summed E-state index contributed by atoms with van der Waals surface area (Å²) >= 11 is 0. The SMILES string of the molecule is COc1ccc(N2C(=O)NC(C(C)C)C2=O)c(F)c1. The normalized spacial score (nSPS) is 19.0. The number of rotatable bonds is 3. The lowest BCUT2D eigenvalue weighted by atomic mass is 10.0. The molecule has 0 aliphatic carbocycles. The molecular formula is C13H15FN2O3. The molecule has 1 aromatic rings. The Labute approximate surface area is 110 Å². The summed E-state index contributed by atoms with van der Waals surface area (Å²) in [6.45, 7) is 3.63. The van der Waals surface area contributed by atoms with Crippen LogP contribution >= 0.6 is 0 Å². The average Bonchev–Trinajstić information content (AvgIpc) is 2.65. The number of carbonyl (C=O) groups is 2. The van der Waals surface area contributed by atoms with Crippen molar-refractivity contribution < 1.29 is 18.7 Å². The Morgan fingerprint density at radius 1 is 1.37 bits per heavy atom. The molecule has 5 nitrogen and oxygen atoms in total. The zero-order valence-electron chi connectivity index (χ0n) is 10.9. The van der Waals surface area contributed by atoms with E-state index in [4.69, 9.17) is 4.74 Å². The van der Waals surface area contributed by atoms with Crippen LogP contribution in [-0.4, -0.2) is 25.1 Å². The minimum absolute atomic E-state index is 0.0530. The monoisotopic (exact) mass is 266 g/mol. The number of halogens is 1. The lowest BCUT2D eigenvalue weighted by Gasteiger charge is -2.15. The molecule has 1 fully saturated rings. The Morgan fingerprint density at radius 2 is 2.05 bits per heavy atom. The summed E-state index contributed by atoms with van der Waals surface area (Å²) in [6, 6.07) is 2.77. The van der Waals surface area contributed by atoms with Crippen LogP contribution < -0.4 is 15.0 Å². The lowest BCUT2D eigenvalue weighted by Crippen LogP contribution is -2.34. The van der Waals surface area contributed by atoms with E-state index in [-0.39, 0.29) is 11.6 Å². The van der Waals surface area contributed by atoms with Crippen molar-refractivity contribution in [3.05, 3.63) is 24.0 Å². The van der Waals surface area contributed by atoms with E-state index in [1.54, 1.807) is 0 Å². The first-order valence-corrected chi connectivity index (χ1v) is 5.93. The molecule has 1 heterocycles. The average molecular weight is 266 g/mol. The number of benzene rings is 1. The molecule has 0 aromatic heterocycles. The van der Waals surface area contributed by atoms with Crippen molar-refractivity contribution in [3.63, 3.8) is 0 Å². The number of amides is 3. The summed E-state index contributed by atoms with van der Waals surface area (Å²) in [5.74, 6) is -0.840. The van der Waals surface area contributed by atoms with Crippen molar-refractivity contribution >= 4 is 17.6 Å². The van der Waals surface area contributed by atoms with Gasteiger partial charge in [0.25, 0.3) is 5.91 Å². The first-order chi connectivity index (χ1) is 8.95. The summed E-state index contributed by atoms with van der Waals surface area (Å²) in [6.07, 6.45) is 0. The molecule has 0 spiro atoms. The van der Waals surface area contributed by atoms with Gasteiger partial charge in [-0.05, 0) is 18.1 Å². The van der Waals surface area contributed by atoms with Crippen LogP contribution in [0.4, 0.5) is 14.9 Å². The fourth-order valence-corrected chi connectivity index (χ4v) is 1.97. The zero-order chi connectivity index (χ0) is 14.2. The molecule has 0 bridgehead atoms. The van der Waals surface area contributed by atoms with E-state index < -0.39 is 23.8 Å². The highest BCUT2D eigenvalue weighted by Gasteiger charge is 2.41. The third-order valence-electron chi connectivity index (χ3n) is 3.03. The molecule has 19 heavy (non-hydrogen) atoms. The quantitative estimate of drug-likeness (QED) is 0.850. The van der Waals surface area contributed by atoms with Crippen LogP contribution in [0.3, 0.4) is 0 Å². The molecule has 1 aliphatic heterocycles. The molecule has 1 aromatic carbocycles. The van der Waals surface area contributed by atoms with Crippen LogP contribution in [0, 0.1) is 11.7 Å². The molecule has 1 N–H and O–H groups in total. The molecule has 1 unspecified atom stereocenters. The van der Waals surface area contributed by atoms with E-state index in [1.165, 1.54) is 19.2 Å². The van der Waals surface area contributed by atoms with Crippen molar-refractivity contribution in [2.24, 2.45) is 5.92 Å². The molecule has 3 amide bonds. The van der Waals surface area contributed by atoms with Gasteiger partial charge in [0, 0.05) is 6.07 Å². The molecule has 1 aliphatic rings. The van der Waals surface area contributed by atoms with E-state index >= 15 is 0 Å². The van der Waals surface area contributed by atoms with Gasteiger partial charge in [0.1, 0.15) is 11.8 Å². The topological polar surface area (TPSA) is 58.6 Å². The van der Waals surface area contributed by atoms with Crippen molar-refractivity contribution in [2.45, 2.75) is 19.9 Å². The van der Waals surface area contributed by atoms with Gasteiger partial charge in [-0.2, -0.15) is 0 Å². The van der Waals surface area contributed by atoms with Crippen molar-refractivity contribution in [3.8, 4) is 5.75 Å². The van der Waals surface area contributed by atoms with Gasteiger partial charge >= 0.3 is 6.03 Å². The van der Waals surface area contributed by atoms with Crippen molar-refractivity contribution in [1.29, 1.82) is 0 Å². The van der Waals surface area contributed by atoms with Crippen molar-refractivity contribution in [2.75, 3.05) is 12.0 Å². The highest BCUT2D eigenvalue weighted by molar-refractivity contribution is 6.21. The second kappa shape index (κ2) is 4.87. The maximum absolute atomic E-state index is 13.9. The smallest absolute Gasteiger partial charge is 0.329 e. The summed E-state index contributed by atoms with van der Waals surface area (Å²) < 4.78 is 18.8. The fraction of sp³-hybridized carbons (Fsp3) is 0.385. The van der Waals surface area contributed by atoms with Gasteiger partial charge < -0.3 is 10.1 Å². The Bertz CT molecular complexity index is 531. The predicted octanol–water partition coefficient (Wildman–Crippen LogP) is 1.92. The number of urea groups is 1. The summed E-state index contributed by atoms with van der Waals surface area (Å²) in [7, 11) is 1.41. The Morgan fingerprint density at radius 3 is 2.53 bits per heavy atom. The molecule has 1 atom stereocenters. The van der Waals surface area contributed by atoms with Gasteiger partial charge in [-0.15, -0.1) is 0 Å². The largest absolute Gasteiger partial charge is 0.497 e. The van der Waals surface area contributed by atoms with Crippen LogP contribution in [-0.2, 0) is 4.79 Å². The Hall–Kier alpha value is -2.11. The number of ether oxygens (including phenoxy) is 1. The minimum Gasteiger partial charge on any atom is -0.497 e. The number of anilines is 1. The van der Waals surface area contributed by atoms with Gasteiger partial charge in [0.15, 0.2) is 5.82 Å².